The summed E-state index contributed by atoms with van der Waals surface area (Å²) in [5.74, 6) is 0.333. The lowest BCUT2D eigenvalue weighted by atomic mass is 9.98. The van der Waals surface area contributed by atoms with Gasteiger partial charge in [-0.05, 0) is 63.0 Å². The van der Waals surface area contributed by atoms with E-state index in [2.05, 4.69) is 6.08 Å². The number of ketones is 1. The SMILES string of the molecule is CC(C(=O)C1=CCCC1)=C1CCCC1. The van der Waals surface area contributed by atoms with Crippen molar-refractivity contribution < 1.29 is 4.79 Å². The Morgan fingerprint density at radius 2 is 1.86 bits per heavy atom. The Bertz CT molecular complexity index is 299. The molecular weight excluding hydrogens is 172 g/mol. The molecule has 14 heavy (non-hydrogen) atoms. The molecule has 0 saturated heterocycles. The zero-order chi connectivity index (χ0) is 9.97. The number of hydrogen-bond acceptors (Lipinski definition) is 1. The predicted molar refractivity (Wildman–Crippen MR) is 58.1 cm³/mol. The van der Waals surface area contributed by atoms with Gasteiger partial charge in [0.1, 0.15) is 0 Å². The zero-order valence-electron chi connectivity index (χ0n) is 8.94. The molecule has 76 valence electrons. The van der Waals surface area contributed by atoms with Crippen LogP contribution in [0.15, 0.2) is 22.8 Å². The van der Waals surface area contributed by atoms with E-state index < -0.39 is 0 Å². The highest BCUT2D eigenvalue weighted by Crippen LogP contribution is 2.30. The van der Waals surface area contributed by atoms with Crippen LogP contribution in [-0.2, 0) is 4.79 Å². The third kappa shape index (κ3) is 1.82. The lowest BCUT2D eigenvalue weighted by Gasteiger charge is -2.05. The van der Waals surface area contributed by atoms with Crippen molar-refractivity contribution in [2.75, 3.05) is 0 Å². The molecule has 0 aliphatic heterocycles. The summed E-state index contributed by atoms with van der Waals surface area (Å²) >= 11 is 0. The van der Waals surface area contributed by atoms with Crippen molar-refractivity contribution in [1.29, 1.82) is 0 Å². The van der Waals surface area contributed by atoms with Gasteiger partial charge in [0.15, 0.2) is 5.78 Å². The third-order valence-corrected chi connectivity index (χ3v) is 3.41. The van der Waals surface area contributed by atoms with Crippen LogP contribution in [0.4, 0.5) is 0 Å². The van der Waals surface area contributed by atoms with E-state index in [1.165, 1.54) is 24.8 Å². The summed E-state index contributed by atoms with van der Waals surface area (Å²) in [7, 11) is 0. The van der Waals surface area contributed by atoms with E-state index in [0.29, 0.717) is 5.78 Å². The molecule has 1 saturated carbocycles. The quantitative estimate of drug-likeness (QED) is 0.608. The molecule has 0 bridgehead atoms. The largest absolute Gasteiger partial charge is 0.289 e. The van der Waals surface area contributed by atoms with Gasteiger partial charge in [-0.3, -0.25) is 4.79 Å². The number of rotatable bonds is 2. The van der Waals surface area contributed by atoms with Crippen LogP contribution in [0.2, 0.25) is 0 Å². The second-order valence-corrected chi connectivity index (χ2v) is 4.39. The van der Waals surface area contributed by atoms with Gasteiger partial charge in [0, 0.05) is 0 Å². The summed E-state index contributed by atoms with van der Waals surface area (Å²) in [5.41, 5.74) is 3.54. The van der Waals surface area contributed by atoms with Gasteiger partial charge in [0.25, 0.3) is 0 Å². The topological polar surface area (TPSA) is 17.1 Å². The maximum Gasteiger partial charge on any atom is 0.184 e. The Hall–Kier alpha value is -0.850. The van der Waals surface area contributed by atoms with Gasteiger partial charge in [0.2, 0.25) is 0 Å². The molecular formula is C13H18O. The molecule has 0 aromatic carbocycles. The molecule has 2 aliphatic carbocycles. The van der Waals surface area contributed by atoms with E-state index in [1.807, 2.05) is 6.92 Å². The normalized spacial score (nSPS) is 21.2. The van der Waals surface area contributed by atoms with Crippen LogP contribution < -0.4 is 0 Å². The Morgan fingerprint density at radius 3 is 2.43 bits per heavy atom. The van der Waals surface area contributed by atoms with Gasteiger partial charge < -0.3 is 0 Å². The van der Waals surface area contributed by atoms with E-state index in [9.17, 15) is 4.79 Å². The molecule has 0 unspecified atom stereocenters. The lowest BCUT2D eigenvalue weighted by molar-refractivity contribution is -0.112. The van der Waals surface area contributed by atoms with E-state index in [1.54, 1.807) is 0 Å². The van der Waals surface area contributed by atoms with Crippen molar-refractivity contribution in [3.05, 3.63) is 22.8 Å². The first kappa shape index (κ1) is 9.70. The van der Waals surface area contributed by atoms with Crippen LogP contribution in [-0.4, -0.2) is 5.78 Å². The number of Topliss-reactive ketones (excluding diaryl/α,β-unsaturated/α-hetero) is 1. The predicted octanol–water partition coefficient (Wildman–Crippen LogP) is 3.56. The Balaban J connectivity index is 2.14. The molecule has 1 fully saturated rings. The molecule has 2 rings (SSSR count). The minimum Gasteiger partial charge on any atom is -0.289 e. The van der Waals surface area contributed by atoms with Crippen molar-refractivity contribution in [3.8, 4) is 0 Å². The van der Waals surface area contributed by atoms with Crippen molar-refractivity contribution in [2.24, 2.45) is 0 Å². The van der Waals surface area contributed by atoms with E-state index >= 15 is 0 Å². The Labute approximate surface area is 85.9 Å². The highest BCUT2D eigenvalue weighted by Gasteiger charge is 2.19. The molecule has 0 atom stereocenters. The fraction of sp³-hybridized carbons (Fsp3) is 0.615. The molecule has 0 radical (unpaired) electrons. The summed E-state index contributed by atoms with van der Waals surface area (Å²) in [6.07, 6.45) is 10.3. The van der Waals surface area contributed by atoms with Gasteiger partial charge in [-0.2, -0.15) is 0 Å². The molecule has 1 heteroatoms. The summed E-state index contributed by atoms with van der Waals surface area (Å²) in [6, 6.07) is 0. The molecule has 0 spiro atoms. The molecule has 0 amide bonds. The highest BCUT2D eigenvalue weighted by atomic mass is 16.1. The Morgan fingerprint density at radius 1 is 1.14 bits per heavy atom. The van der Waals surface area contributed by atoms with Gasteiger partial charge in [0.05, 0.1) is 0 Å². The average molecular weight is 190 g/mol. The molecule has 0 aromatic heterocycles. The fourth-order valence-electron chi connectivity index (χ4n) is 2.46. The molecule has 0 aromatic rings. The maximum absolute atomic E-state index is 12.0. The maximum atomic E-state index is 12.0. The molecule has 1 nitrogen and oxygen atoms in total. The van der Waals surface area contributed by atoms with Gasteiger partial charge in [-0.25, -0.2) is 0 Å². The average Bonchev–Trinajstić information content (AvgIpc) is 2.87. The minimum atomic E-state index is 0.333. The van der Waals surface area contributed by atoms with Crippen LogP contribution in [0, 0.1) is 0 Å². The molecule has 0 N–H and O–H groups in total. The second-order valence-electron chi connectivity index (χ2n) is 4.39. The molecule has 2 aliphatic rings. The van der Waals surface area contributed by atoms with Crippen molar-refractivity contribution in [1.82, 2.24) is 0 Å². The van der Waals surface area contributed by atoms with Gasteiger partial charge in [-0.1, -0.05) is 11.6 Å². The third-order valence-electron chi connectivity index (χ3n) is 3.41. The zero-order valence-corrected chi connectivity index (χ0v) is 8.94. The van der Waals surface area contributed by atoms with E-state index in [0.717, 1.165) is 36.8 Å². The summed E-state index contributed by atoms with van der Waals surface area (Å²) in [5, 5.41) is 0. The second kappa shape index (κ2) is 4.12. The van der Waals surface area contributed by atoms with Crippen LogP contribution >= 0.6 is 0 Å². The number of carbonyl (C=O) groups excluding carboxylic acids is 1. The first-order chi connectivity index (χ1) is 6.79. The van der Waals surface area contributed by atoms with Crippen LogP contribution in [0.3, 0.4) is 0 Å². The summed E-state index contributed by atoms with van der Waals surface area (Å²) < 4.78 is 0. The van der Waals surface area contributed by atoms with Gasteiger partial charge in [-0.15, -0.1) is 0 Å². The number of carbonyl (C=O) groups is 1. The standard InChI is InChI=1S/C13H18O/c1-10(11-6-2-3-7-11)13(14)12-8-4-5-9-12/h8H,2-7,9H2,1H3. The van der Waals surface area contributed by atoms with Crippen molar-refractivity contribution >= 4 is 5.78 Å². The highest BCUT2D eigenvalue weighted by molar-refractivity contribution is 6.08. The van der Waals surface area contributed by atoms with Crippen molar-refractivity contribution in [2.45, 2.75) is 51.9 Å². The number of allylic oxidation sites excluding steroid dienone is 4. The van der Waals surface area contributed by atoms with Crippen LogP contribution in [0.1, 0.15) is 51.9 Å². The van der Waals surface area contributed by atoms with E-state index in [4.69, 9.17) is 0 Å². The van der Waals surface area contributed by atoms with E-state index in [-0.39, 0.29) is 0 Å². The lowest BCUT2D eigenvalue weighted by Crippen LogP contribution is -2.04. The van der Waals surface area contributed by atoms with Crippen molar-refractivity contribution in [3.63, 3.8) is 0 Å². The first-order valence-corrected chi connectivity index (χ1v) is 5.71. The van der Waals surface area contributed by atoms with Crippen LogP contribution in [0.25, 0.3) is 0 Å². The summed E-state index contributed by atoms with van der Waals surface area (Å²) in [6.45, 7) is 2.02. The smallest absolute Gasteiger partial charge is 0.184 e. The monoisotopic (exact) mass is 190 g/mol. The Kier molecular flexibility index (Phi) is 2.85. The van der Waals surface area contributed by atoms with Crippen LogP contribution in [0.5, 0.6) is 0 Å². The van der Waals surface area contributed by atoms with Gasteiger partial charge >= 0.3 is 0 Å². The number of hydrogen-bond donors (Lipinski definition) is 0. The first-order valence-electron chi connectivity index (χ1n) is 5.71. The molecule has 0 heterocycles. The minimum absolute atomic E-state index is 0.333. The fourth-order valence-corrected chi connectivity index (χ4v) is 2.46. The summed E-state index contributed by atoms with van der Waals surface area (Å²) in [4.78, 5) is 12.0.